The van der Waals surface area contributed by atoms with Crippen LogP contribution in [0.25, 0.3) is 0 Å². The second-order valence-electron chi connectivity index (χ2n) is 5.04. The van der Waals surface area contributed by atoms with E-state index in [1.54, 1.807) is 0 Å². The van der Waals surface area contributed by atoms with E-state index >= 15 is 0 Å². The normalized spacial score (nSPS) is 12.2. The summed E-state index contributed by atoms with van der Waals surface area (Å²) in [6.45, 7) is 7.80. The third-order valence-corrected chi connectivity index (χ3v) is 3.80. The fourth-order valence-corrected chi connectivity index (χ4v) is 2.41. The minimum absolute atomic E-state index is 0.446. The van der Waals surface area contributed by atoms with Crippen LogP contribution in [0.3, 0.4) is 0 Å². The summed E-state index contributed by atoms with van der Waals surface area (Å²) in [5.41, 5.74) is 1.00. The van der Waals surface area contributed by atoms with Gasteiger partial charge in [0.15, 0.2) is 11.5 Å². The van der Waals surface area contributed by atoms with Crippen LogP contribution in [0, 0.1) is 5.92 Å². The van der Waals surface area contributed by atoms with Crippen molar-refractivity contribution in [2.75, 3.05) is 13.2 Å². The van der Waals surface area contributed by atoms with Crippen molar-refractivity contribution in [3.8, 4) is 11.5 Å². The molecule has 0 amide bonds. The molecule has 0 saturated heterocycles. The molecule has 0 aliphatic heterocycles. The quantitative estimate of drug-likeness (QED) is 0.537. The average molecular weight is 299 g/mol. The molecule has 1 rings (SSSR count). The molecule has 20 heavy (non-hydrogen) atoms. The Labute approximate surface area is 128 Å². The predicted molar refractivity (Wildman–Crippen MR) is 86.0 cm³/mol. The SMILES string of the molecule is CCCCC(CC)COc1c(CCl)cccc1OCC. The summed E-state index contributed by atoms with van der Waals surface area (Å²) >= 11 is 6.00. The topological polar surface area (TPSA) is 18.5 Å². The molecule has 114 valence electrons. The Hall–Kier alpha value is -0.890. The number of halogens is 1. The number of alkyl halides is 1. The molecule has 1 unspecified atom stereocenters. The fourth-order valence-electron chi connectivity index (χ4n) is 2.20. The Morgan fingerprint density at radius 2 is 1.95 bits per heavy atom. The molecule has 0 heterocycles. The van der Waals surface area contributed by atoms with Crippen LogP contribution in [0.15, 0.2) is 18.2 Å². The summed E-state index contributed by atoms with van der Waals surface area (Å²) in [6, 6.07) is 5.91. The van der Waals surface area contributed by atoms with E-state index in [1.807, 2.05) is 25.1 Å². The van der Waals surface area contributed by atoms with E-state index in [1.165, 1.54) is 19.3 Å². The van der Waals surface area contributed by atoms with Crippen molar-refractivity contribution in [3.63, 3.8) is 0 Å². The molecular weight excluding hydrogens is 272 g/mol. The van der Waals surface area contributed by atoms with E-state index in [9.17, 15) is 0 Å². The lowest BCUT2D eigenvalue weighted by Crippen LogP contribution is -2.13. The van der Waals surface area contributed by atoms with Crippen molar-refractivity contribution in [3.05, 3.63) is 23.8 Å². The molecule has 1 aromatic rings. The number of ether oxygens (including phenoxy) is 2. The first-order valence-electron chi connectivity index (χ1n) is 7.70. The van der Waals surface area contributed by atoms with Gasteiger partial charge in [-0.1, -0.05) is 45.2 Å². The van der Waals surface area contributed by atoms with Crippen molar-refractivity contribution >= 4 is 11.6 Å². The zero-order chi connectivity index (χ0) is 14.8. The van der Waals surface area contributed by atoms with Gasteiger partial charge >= 0.3 is 0 Å². The molecule has 2 nitrogen and oxygen atoms in total. The molecule has 0 spiro atoms. The Bertz CT molecular complexity index is 379. The summed E-state index contributed by atoms with van der Waals surface area (Å²) in [5.74, 6) is 2.67. The largest absolute Gasteiger partial charge is 0.490 e. The van der Waals surface area contributed by atoms with Crippen LogP contribution in [-0.4, -0.2) is 13.2 Å². The van der Waals surface area contributed by atoms with Gasteiger partial charge in [0.05, 0.1) is 19.1 Å². The van der Waals surface area contributed by atoms with Gasteiger partial charge in [-0.3, -0.25) is 0 Å². The van der Waals surface area contributed by atoms with Gasteiger partial charge in [0.2, 0.25) is 0 Å². The van der Waals surface area contributed by atoms with Crippen molar-refractivity contribution in [1.29, 1.82) is 0 Å². The molecule has 0 bridgehead atoms. The van der Waals surface area contributed by atoms with Gasteiger partial charge in [0, 0.05) is 5.56 Å². The predicted octanol–water partition coefficient (Wildman–Crippen LogP) is 5.42. The minimum Gasteiger partial charge on any atom is -0.490 e. The van der Waals surface area contributed by atoms with E-state index in [2.05, 4.69) is 13.8 Å². The fraction of sp³-hybridized carbons (Fsp3) is 0.647. The molecule has 0 aromatic heterocycles. The van der Waals surface area contributed by atoms with Crippen molar-refractivity contribution in [1.82, 2.24) is 0 Å². The van der Waals surface area contributed by atoms with Gasteiger partial charge in [0.1, 0.15) is 0 Å². The number of hydrogen-bond donors (Lipinski definition) is 0. The van der Waals surface area contributed by atoms with Crippen LogP contribution >= 0.6 is 11.6 Å². The smallest absolute Gasteiger partial charge is 0.165 e. The first-order valence-corrected chi connectivity index (χ1v) is 8.23. The maximum Gasteiger partial charge on any atom is 0.165 e. The number of para-hydroxylation sites is 1. The summed E-state index contributed by atoms with van der Waals surface area (Å²) in [5, 5.41) is 0. The van der Waals surface area contributed by atoms with Crippen LogP contribution in [0.1, 0.15) is 52.0 Å². The molecular formula is C17H27ClO2. The molecule has 0 aliphatic rings. The molecule has 1 aromatic carbocycles. The van der Waals surface area contributed by atoms with Gasteiger partial charge < -0.3 is 9.47 Å². The monoisotopic (exact) mass is 298 g/mol. The third-order valence-electron chi connectivity index (χ3n) is 3.51. The molecule has 1 atom stereocenters. The van der Waals surface area contributed by atoms with Gasteiger partial charge in [-0.25, -0.2) is 0 Å². The third kappa shape index (κ3) is 5.24. The van der Waals surface area contributed by atoms with Crippen LogP contribution in [-0.2, 0) is 5.88 Å². The van der Waals surface area contributed by atoms with Gasteiger partial charge in [-0.2, -0.15) is 0 Å². The highest BCUT2D eigenvalue weighted by Gasteiger charge is 2.13. The van der Waals surface area contributed by atoms with Gasteiger partial charge in [-0.05, 0) is 25.3 Å². The van der Waals surface area contributed by atoms with Crippen molar-refractivity contribution < 1.29 is 9.47 Å². The summed E-state index contributed by atoms with van der Waals surface area (Å²) in [6.07, 6.45) is 4.86. The second-order valence-corrected chi connectivity index (χ2v) is 5.31. The lowest BCUT2D eigenvalue weighted by Gasteiger charge is -2.19. The molecule has 0 saturated carbocycles. The molecule has 0 N–H and O–H groups in total. The maximum atomic E-state index is 6.05. The summed E-state index contributed by atoms with van der Waals surface area (Å²) in [7, 11) is 0. The zero-order valence-electron chi connectivity index (χ0n) is 13.0. The number of hydrogen-bond acceptors (Lipinski definition) is 2. The second kappa shape index (κ2) is 9.93. The Kier molecular flexibility index (Phi) is 8.52. The first kappa shape index (κ1) is 17.2. The van der Waals surface area contributed by atoms with Gasteiger partial charge in [0.25, 0.3) is 0 Å². The van der Waals surface area contributed by atoms with Crippen LogP contribution < -0.4 is 9.47 Å². The Morgan fingerprint density at radius 1 is 1.15 bits per heavy atom. The van der Waals surface area contributed by atoms with Crippen LogP contribution in [0.2, 0.25) is 0 Å². The van der Waals surface area contributed by atoms with Gasteiger partial charge in [-0.15, -0.1) is 11.6 Å². The molecule has 0 aliphatic carbocycles. The number of benzene rings is 1. The highest BCUT2D eigenvalue weighted by Crippen LogP contribution is 2.33. The molecule has 0 radical (unpaired) electrons. The summed E-state index contributed by atoms with van der Waals surface area (Å²) < 4.78 is 11.7. The Morgan fingerprint density at radius 3 is 2.55 bits per heavy atom. The van der Waals surface area contributed by atoms with E-state index in [0.717, 1.165) is 30.1 Å². The highest BCUT2D eigenvalue weighted by molar-refractivity contribution is 6.17. The first-order chi connectivity index (χ1) is 9.76. The zero-order valence-corrected chi connectivity index (χ0v) is 13.7. The van der Waals surface area contributed by atoms with E-state index in [-0.39, 0.29) is 0 Å². The average Bonchev–Trinajstić information content (AvgIpc) is 2.48. The van der Waals surface area contributed by atoms with Crippen molar-refractivity contribution in [2.24, 2.45) is 5.92 Å². The Balaban J connectivity index is 2.73. The van der Waals surface area contributed by atoms with E-state index in [4.69, 9.17) is 21.1 Å². The molecule has 0 fully saturated rings. The van der Waals surface area contributed by atoms with E-state index < -0.39 is 0 Å². The van der Waals surface area contributed by atoms with Crippen LogP contribution in [0.4, 0.5) is 0 Å². The maximum absolute atomic E-state index is 6.05. The van der Waals surface area contributed by atoms with Crippen LogP contribution in [0.5, 0.6) is 11.5 Å². The summed E-state index contributed by atoms with van der Waals surface area (Å²) in [4.78, 5) is 0. The number of unbranched alkanes of at least 4 members (excludes halogenated alkanes) is 1. The van der Waals surface area contributed by atoms with Crippen molar-refractivity contribution in [2.45, 2.75) is 52.3 Å². The lowest BCUT2D eigenvalue weighted by molar-refractivity contribution is 0.218. The van der Waals surface area contributed by atoms with E-state index in [0.29, 0.717) is 18.4 Å². The standard InChI is InChI=1S/C17H27ClO2/c1-4-7-9-14(5-2)13-20-17-15(12-18)10-8-11-16(17)19-6-3/h8,10-11,14H,4-7,9,12-13H2,1-3H3. The number of rotatable bonds is 10. The highest BCUT2D eigenvalue weighted by atomic mass is 35.5. The molecule has 3 heteroatoms. The minimum atomic E-state index is 0.446. The lowest BCUT2D eigenvalue weighted by atomic mass is 10.0.